The van der Waals surface area contributed by atoms with Crippen LogP contribution in [0.3, 0.4) is 0 Å². The Morgan fingerprint density at radius 3 is 2.73 bits per heavy atom. The van der Waals surface area contributed by atoms with Crippen LogP contribution in [0, 0.1) is 11.3 Å². The average molecular weight is 415 g/mol. The van der Waals surface area contributed by atoms with Crippen LogP contribution in [-0.4, -0.2) is 63.2 Å². The van der Waals surface area contributed by atoms with Crippen LogP contribution in [0.25, 0.3) is 0 Å². The van der Waals surface area contributed by atoms with E-state index in [0.29, 0.717) is 17.8 Å². The predicted molar refractivity (Wildman–Crippen MR) is 122 cm³/mol. The van der Waals surface area contributed by atoms with E-state index in [-0.39, 0.29) is 5.91 Å². The Kier molecular flexibility index (Phi) is 8.55. The number of likely N-dealkylation sites (tertiary alicyclic amines) is 1. The molecule has 1 aliphatic carbocycles. The molecule has 1 heterocycles. The van der Waals surface area contributed by atoms with Crippen LogP contribution < -0.4 is 10.6 Å². The molecule has 6 nitrogen and oxygen atoms in total. The molecule has 1 atom stereocenters. The van der Waals surface area contributed by atoms with Crippen LogP contribution >= 0.6 is 0 Å². The van der Waals surface area contributed by atoms with E-state index >= 15 is 0 Å². The molecule has 1 unspecified atom stereocenters. The van der Waals surface area contributed by atoms with E-state index in [1.54, 1.807) is 7.11 Å². The normalized spacial score (nSPS) is 20.9. The summed E-state index contributed by atoms with van der Waals surface area (Å²) in [5, 5.41) is 6.84. The van der Waals surface area contributed by atoms with Crippen molar-refractivity contribution < 1.29 is 9.53 Å². The second-order valence-corrected chi connectivity index (χ2v) is 8.82. The summed E-state index contributed by atoms with van der Waals surface area (Å²) in [6.45, 7) is 6.99. The average Bonchev–Trinajstić information content (AvgIpc) is 3.09. The van der Waals surface area contributed by atoms with Crippen molar-refractivity contribution in [3.8, 4) is 0 Å². The highest BCUT2D eigenvalue weighted by atomic mass is 16.5. The number of nitrogens with one attached hydrogen (secondary N) is 2. The lowest BCUT2D eigenvalue weighted by Crippen LogP contribution is -2.42. The van der Waals surface area contributed by atoms with Gasteiger partial charge in [0.05, 0.1) is 0 Å². The minimum atomic E-state index is 0.271. The Balaban J connectivity index is 1.45. The SMILES string of the molecule is CCNC(=NCC1(CCOC)CCC1)NCC1CC(=O)N(CCc2ccccc2)C1. The van der Waals surface area contributed by atoms with Gasteiger partial charge in [0.15, 0.2) is 5.96 Å². The van der Waals surface area contributed by atoms with Crippen molar-refractivity contribution in [1.29, 1.82) is 0 Å². The van der Waals surface area contributed by atoms with Gasteiger partial charge < -0.3 is 20.3 Å². The minimum Gasteiger partial charge on any atom is -0.385 e. The lowest BCUT2D eigenvalue weighted by atomic mass is 9.67. The topological polar surface area (TPSA) is 66.0 Å². The van der Waals surface area contributed by atoms with Crippen molar-refractivity contribution in [3.63, 3.8) is 0 Å². The molecule has 2 fully saturated rings. The largest absolute Gasteiger partial charge is 0.385 e. The molecule has 1 aromatic carbocycles. The van der Waals surface area contributed by atoms with Crippen molar-refractivity contribution in [3.05, 3.63) is 35.9 Å². The minimum absolute atomic E-state index is 0.271. The molecule has 0 aromatic heterocycles. The number of benzene rings is 1. The number of hydrogen-bond donors (Lipinski definition) is 2. The molecule has 30 heavy (non-hydrogen) atoms. The summed E-state index contributed by atoms with van der Waals surface area (Å²) in [7, 11) is 1.77. The van der Waals surface area contributed by atoms with Gasteiger partial charge in [0.25, 0.3) is 0 Å². The third kappa shape index (κ3) is 6.46. The number of rotatable bonds is 11. The molecule has 1 saturated heterocycles. The van der Waals surface area contributed by atoms with E-state index in [0.717, 1.165) is 58.1 Å². The number of carbonyl (C=O) groups is 1. The summed E-state index contributed by atoms with van der Waals surface area (Å²) in [5.41, 5.74) is 1.60. The summed E-state index contributed by atoms with van der Waals surface area (Å²) in [6.07, 6.45) is 6.41. The fraction of sp³-hybridized carbons (Fsp3) is 0.667. The number of hydrogen-bond acceptors (Lipinski definition) is 3. The molecule has 0 bridgehead atoms. The number of guanidine groups is 1. The van der Waals surface area contributed by atoms with Crippen molar-refractivity contribution >= 4 is 11.9 Å². The lowest BCUT2D eigenvalue weighted by molar-refractivity contribution is -0.127. The summed E-state index contributed by atoms with van der Waals surface area (Å²) < 4.78 is 5.29. The van der Waals surface area contributed by atoms with Gasteiger partial charge in [-0.2, -0.15) is 0 Å². The van der Waals surface area contributed by atoms with Crippen molar-refractivity contribution in [2.45, 2.75) is 45.4 Å². The van der Waals surface area contributed by atoms with E-state index in [4.69, 9.17) is 9.73 Å². The van der Waals surface area contributed by atoms with Gasteiger partial charge >= 0.3 is 0 Å². The molecule has 1 amide bonds. The standard InChI is InChI=1S/C24H38N4O2/c1-3-25-23(27-19-24(11-7-12-24)13-15-30-2)26-17-21-16-22(29)28(18-21)14-10-20-8-5-4-6-9-20/h4-6,8-9,21H,3,7,10-19H2,1-2H3,(H2,25,26,27). The van der Waals surface area contributed by atoms with Crippen molar-refractivity contribution in [2.75, 3.05) is 46.4 Å². The summed E-state index contributed by atoms with van der Waals surface area (Å²) >= 11 is 0. The summed E-state index contributed by atoms with van der Waals surface area (Å²) in [5.74, 6) is 1.48. The van der Waals surface area contributed by atoms with Gasteiger partial charge in [-0.25, -0.2) is 0 Å². The Hall–Kier alpha value is -2.08. The van der Waals surface area contributed by atoms with Crippen molar-refractivity contribution in [2.24, 2.45) is 16.3 Å². The molecule has 2 aliphatic rings. The molecule has 2 N–H and O–H groups in total. The van der Waals surface area contributed by atoms with Gasteiger partial charge in [-0.3, -0.25) is 9.79 Å². The first-order valence-electron chi connectivity index (χ1n) is 11.5. The molecule has 0 spiro atoms. The molecule has 166 valence electrons. The fourth-order valence-electron chi connectivity index (χ4n) is 4.43. The zero-order valence-electron chi connectivity index (χ0n) is 18.7. The van der Waals surface area contributed by atoms with Crippen LogP contribution in [-0.2, 0) is 16.0 Å². The van der Waals surface area contributed by atoms with Crippen LogP contribution in [0.5, 0.6) is 0 Å². The molecular formula is C24H38N4O2. The first-order chi connectivity index (χ1) is 14.6. The second-order valence-electron chi connectivity index (χ2n) is 8.82. The van der Waals surface area contributed by atoms with Crippen LogP contribution in [0.4, 0.5) is 0 Å². The van der Waals surface area contributed by atoms with Gasteiger partial charge in [-0.05, 0) is 43.6 Å². The summed E-state index contributed by atoms with van der Waals surface area (Å²) in [4.78, 5) is 19.3. The molecule has 3 rings (SSSR count). The van der Waals surface area contributed by atoms with Gasteiger partial charge in [-0.1, -0.05) is 36.8 Å². The monoisotopic (exact) mass is 414 g/mol. The number of carbonyl (C=O) groups excluding carboxylic acids is 1. The third-order valence-corrected chi connectivity index (χ3v) is 6.53. The van der Waals surface area contributed by atoms with E-state index < -0.39 is 0 Å². The molecular weight excluding hydrogens is 376 g/mol. The molecule has 6 heteroatoms. The lowest BCUT2D eigenvalue weighted by Gasteiger charge is -2.40. The Morgan fingerprint density at radius 2 is 2.07 bits per heavy atom. The number of aliphatic imine (C=N–C) groups is 1. The van der Waals surface area contributed by atoms with Gasteiger partial charge in [0.1, 0.15) is 0 Å². The van der Waals surface area contributed by atoms with Crippen molar-refractivity contribution in [1.82, 2.24) is 15.5 Å². The molecule has 1 aliphatic heterocycles. The maximum absolute atomic E-state index is 12.4. The maximum Gasteiger partial charge on any atom is 0.223 e. The Labute approximate surface area is 181 Å². The second kappa shape index (κ2) is 11.3. The third-order valence-electron chi connectivity index (χ3n) is 6.53. The highest BCUT2D eigenvalue weighted by molar-refractivity contribution is 5.81. The number of methoxy groups -OCH3 is 1. The fourth-order valence-corrected chi connectivity index (χ4v) is 4.43. The number of nitrogens with zero attached hydrogens (tertiary/aromatic N) is 2. The van der Waals surface area contributed by atoms with Crippen LogP contribution in [0.2, 0.25) is 0 Å². The van der Waals surface area contributed by atoms with Gasteiger partial charge in [0, 0.05) is 58.8 Å². The van der Waals surface area contributed by atoms with E-state index in [1.165, 1.54) is 24.8 Å². The van der Waals surface area contributed by atoms with Gasteiger partial charge in [-0.15, -0.1) is 0 Å². The zero-order chi connectivity index (χ0) is 21.2. The van der Waals surface area contributed by atoms with E-state index in [2.05, 4.69) is 41.8 Å². The zero-order valence-corrected chi connectivity index (χ0v) is 18.7. The van der Waals surface area contributed by atoms with Crippen LogP contribution in [0.1, 0.15) is 44.6 Å². The van der Waals surface area contributed by atoms with E-state index in [9.17, 15) is 4.79 Å². The Bertz CT molecular complexity index is 688. The quantitative estimate of drug-likeness (QED) is 0.432. The van der Waals surface area contributed by atoms with Crippen LogP contribution in [0.15, 0.2) is 35.3 Å². The highest BCUT2D eigenvalue weighted by Crippen LogP contribution is 2.44. The molecule has 1 aromatic rings. The summed E-state index contributed by atoms with van der Waals surface area (Å²) in [6, 6.07) is 10.4. The first kappa shape index (κ1) is 22.6. The smallest absolute Gasteiger partial charge is 0.223 e. The van der Waals surface area contributed by atoms with E-state index in [1.807, 2.05) is 11.0 Å². The predicted octanol–water partition coefficient (Wildman–Crippen LogP) is 2.84. The maximum atomic E-state index is 12.4. The molecule has 1 saturated carbocycles. The Morgan fingerprint density at radius 1 is 1.27 bits per heavy atom. The first-order valence-corrected chi connectivity index (χ1v) is 11.5. The number of amides is 1. The van der Waals surface area contributed by atoms with Gasteiger partial charge in [0.2, 0.25) is 5.91 Å². The number of ether oxygens (including phenoxy) is 1. The molecule has 0 radical (unpaired) electrons. The highest BCUT2D eigenvalue weighted by Gasteiger charge is 2.36.